The van der Waals surface area contributed by atoms with E-state index in [0.717, 1.165) is 29.7 Å². The second kappa shape index (κ2) is 12.3. The quantitative estimate of drug-likeness (QED) is 0.275. The van der Waals surface area contributed by atoms with E-state index in [9.17, 15) is 9.59 Å². The molecule has 4 rings (SSSR count). The summed E-state index contributed by atoms with van der Waals surface area (Å²) in [6.07, 6.45) is 3.48. The number of rotatable bonds is 10. The van der Waals surface area contributed by atoms with Crippen LogP contribution in [0.2, 0.25) is 0 Å². The molecule has 0 N–H and O–H groups in total. The van der Waals surface area contributed by atoms with E-state index >= 15 is 0 Å². The van der Waals surface area contributed by atoms with Crippen LogP contribution in [0.15, 0.2) is 63.5 Å². The van der Waals surface area contributed by atoms with Gasteiger partial charge in [-0.15, -0.1) is 0 Å². The van der Waals surface area contributed by atoms with Crippen LogP contribution < -0.4 is 29.1 Å². The molecule has 8 nitrogen and oxygen atoms in total. The van der Waals surface area contributed by atoms with Gasteiger partial charge < -0.3 is 18.9 Å². The van der Waals surface area contributed by atoms with Crippen LogP contribution in [-0.2, 0) is 9.53 Å². The fourth-order valence-electron chi connectivity index (χ4n) is 4.35. The average Bonchev–Trinajstić information content (AvgIpc) is 3.21. The van der Waals surface area contributed by atoms with E-state index in [1.165, 1.54) is 11.3 Å². The highest BCUT2D eigenvalue weighted by atomic mass is 32.1. The molecule has 0 saturated carbocycles. The zero-order valence-corrected chi connectivity index (χ0v) is 24.0. The maximum atomic E-state index is 13.8. The lowest BCUT2D eigenvalue weighted by molar-refractivity contribution is -0.143. The number of fused-ring (bicyclic) bond motifs is 1. The molecule has 2 heterocycles. The Morgan fingerprint density at radius 3 is 2.46 bits per heavy atom. The molecular weight excluding hydrogens is 516 g/mol. The van der Waals surface area contributed by atoms with Gasteiger partial charge in [-0.2, -0.15) is 0 Å². The molecule has 1 atom stereocenters. The van der Waals surface area contributed by atoms with Crippen LogP contribution in [0, 0.1) is 0 Å². The molecule has 0 radical (unpaired) electrons. The molecule has 9 heteroatoms. The number of aromatic nitrogens is 1. The Bertz CT molecular complexity index is 1550. The van der Waals surface area contributed by atoms with Gasteiger partial charge in [0.15, 0.2) is 16.3 Å². The maximum absolute atomic E-state index is 13.8. The predicted molar refractivity (Wildman–Crippen MR) is 151 cm³/mol. The van der Waals surface area contributed by atoms with Crippen molar-refractivity contribution in [2.24, 2.45) is 4.99 Å². The minimum atomic E-state index is -0.690. The molecule has 2 aromatic carbocycles. The average molecular weight is 551 g/mol. The van der Waals surface area contributed by atoms with Crippen LogP contribution in [0.25, 0.3) is 6.08 Å². The monoisotopic (exact) mass is 550 g/mol. The first-order chi connectivity index (χ1) is 18.8. The van der Waals surface area contributed by atoms with Crippen molar-refractivity contribution in [1.82, 2.24) is 4.57 Å². The first-order valence-corrected chi connectivity index (χ1v) is 13.8. The number of ether oxygens (including phenoxy) is 4. The third kappa shape index (κ3) is 6.09. The van der Waals surface area contributed by atoms with Crippen molar-refractivity contribution in [2.75, 3.05) is 20.8 Å². The molecule has 39 heavy (non-hydrogen) atoms. The number of nitrogens with zero attached hydrogens (tertiary/aromatic N) is 2. The highest BCUT2D eigenvalue weighted by Crippen LogP contribution is 2.32. The molecule has 1 unspecified atom stereocenters. The number of benzene rings is 2. The summed E-state index contributed by atoms with van der Waals surface area (Å²) in [6.45, 7) is 8.11. The van der Waals surface area contributed by atoms with Gasteiger partial charge in [-0.05, 0) is 68.7 Å². The third-order valence-corrected chi connectivity index (χ3v) is 7.24. The molecule has 0 fully saturated rings. The van der Waals surface area contributed by atoms with Crippen LogP contribution >= 0.6 is 11.3 Å². The normalized spacial score (nSPS) is 15.2. The van der Waals surface area contributed by atoms with E-state index < -0.39 is 12.0 Å². The van der Waals surface area contributed by atoms with Gasteiger partial charge in [-0.3, -0.25) is 9.36 Å². The van der Waals surface area contributed by atoms with E-state index in [4.69, 9.17) is 18.9 Å². The third-order valence-electron chi connectivity index (χ3n) is 6.25. The molecule has 0 amide bonds. The minimum Gasteiger partial charge on any atom is -0.494 e. The van der Waals surface area contributed by atoms with Crippen molar-refractivity contribution in [2.45, 2.75) is 52.7 Å². The molecule has 0 aliphatic carbocycles. The van der Waals surface area contributed by atoms with E-state index in [1.807, 2.05) is 36.4 Å². The molecule has 0 saturated heterocycles. The lowest BCUT2D eigenvalue weighted by atomic mass is 9.96. The number of methoxy groups -OCH3 is 2. The topological polar surface area (TPSA) is 88.4 Å². The van der Waals surface area contributed by atoms with Crippen molar-refractivity contribution in [1.29, 1.82) is 0 Å². The van der Waals surface area contributed by atoms with Crippen LogP contribution in [0.4, 0.5) is 0 Å². The first-order valence-electron chi connectivity index (χ1n) is 13.0. The number of esters is 1. The van der Waals surface area contributed by atoms with Crippen molar-refractivity contribution in [3.8, 4) is 17.2 Å². The summed E-state index contributed by atoms with van der Waals surface area (Å²) in [5.74, 6) is 1.41. The van der Waals surface area contributed by atoms with Gasteiger partial charge in [0.2, 0.25) is 0 Å². The minimum absolute atomic E-state index is 0.246. The van der Waals surface area contributed by atoms with Gasteiger partial charge >= 0.3 is 5.97 Å². The van der Waals surface area contributed by atoms with E-state index in [2.05, 4.69) is 11.9 Å². The Hall–Kier alpha value is -3.85. The molecule has 1 aromatic heterocycles. The summed E-state index contributed by atoms with van der Waals surface area (Å²) >= 11 is 1.27. The molecule has 1 aliphatic heterocycles. The predicted octanol–water partition coefficient (Wildman–Crippen LogP) is 4.38. The SMILES string of the molecule is CCCCOc1ccc(C2C(C(=O)OC(C)C)=C(C)N=c3s/c(=C\c4ccc(OC)c(OC)c4)c(=O)n32)cc1. The molecule has 206 valence electrons. The molecule has 0 bridgehead atoms. The van der Waals surface area contributed by atoms with Crippen molar-refractivity contribution in [3.05, 3.63) is 84.5 Å². The Balaban J connectivity index is 1.84. The summed E-state index contributed by atoms with van der Waals surface area (Å²) in [7, 11) is 3.14. The van der Waals surface area contributed by atoms with Gasteiger partial charge in [-0.1, -0.05) is 42.9 Å². The van der Waals surface area contributed by atoms with Gasteiger partial charge in [0.1, 0.15) is 5.75 Å². The first kappa shape index (κ1) is 28.2. The number of hydrogen-bond acceptors (Lipinski definition) is 8. The van der Waals surface area contributed by atoms with Crippen LogP contribution in [0.1, 0.15) is 57.7 Å². The highest BCUT2D eigenvalue weighted by molar-refractivity contribution is 7.07. The van der Waals surface area contributed by atoms with Gasteiger partial charge in [0, 0.05) is 0 Å². The van der Waals surface area contributed by atoms with Gasteiger partial charge in [0.05, 0.1) is 48.8 Å². The van der Waals surface area contributed by atoms with Crippen LogP contribution in [0.3, 0.4) is 0 Å². The molecule has 1 aliphatic rings. The highest BCUT2D eigenvalue weighted by Gasteiger charge is 2.33. The Labute approximate surface area is 231 Å². The fraction of sp³-hybridized carbons (Fsp3) is 0.367. The Kier molecular flexibility index (Phi) is 8.91. The van der Waals surface area contributed by atoms with Crippen molar-refractivity contribution >= 4 is 23.4 Å². The largest absolute Gasteiger partial charge is 0.494 e. The maximum Gasteiger partial charge on any atom is 0.338 e. The van der Waals surface area contributed by atoms with Crippen molar-refractivity contribution < 1.29 is 23.7 Å². The van der Waals surface area contributed by atoms with Gasteiger partial charge in [-0.25, -0.2) is 9.79 Å². The lowest BCUT2D eigenvalue weighted by Crippen LogP contribution is -2.40. The number of carbonyl (C=O) groups is 1. The smallest absolute Gasteiger partial charge is 0.338 e. The van der Waals surface area contributed by atoms with Crippen LogP contribution in [0.5, 0.6) is 17.2 Å². The Morgan fingerprint density at radius 1 is 1.10 bits per heavy atom. The number of hydrogen-bond donors (Lipinski definition) is 0. The van der Waals surface area contributed by atoms with E-state index in [-0.39, 0.29) is 11.7 Å². The summed E-state index contributed by atoms with van der Waals surface area (Å²) < 4.78 is 24.2. The summed E-state index contributed by atoms with van der Waals surface area (Å²) in [6, 6.07) is 12.3. The lowest BCUT2D eigenvalue weighted by Gasteiger charge is -2.25. The number of allylic oxidation sites excluding steroid dienone is 1. The zero-order valence-electron chi connectivity index (χ0n) is 23.1. The standard InChI is InChI=1S/C30H34N2O6S/c1-7-8-15-37-22-12-10-21(11-13-22)27-26(29(34)38-18(2)3)19(4)31-30-32(27)28(33)25(39-30)17-20-9-14-23(35-5)24(16-20)36-6/h9-14,16-18,27H,7-8,15H2,1-6H3/b25-17-. The number of thiazole rings is 1. The van der Waals surface area contributed by atoms with Crippen LogP contribution in [-0.4, -0.2) is 37.5 Å². The second-order valence-corrected chi connectivity index (χ2v) is 10.4. The fourth-order valence-corrected chi connectivity index (χ4v) is 5.40. The van der Waals surface area contributed by atoms with E-state index in [1.54, 1.807) is 51.7 Å². The van der Waals surface area contributed by atoms with Crippen molar-refractivity contribution in [3.63, 3.8) is 0 Å². The summed E-state index contributed by atoms with van der Waals surface area (Å²) in [4.78, 5) is 32.3. The summed E-state index contributed by atoms with van der Waals surface area (Å²) in [5, 5.41) is 0. The number of carbonyl (C=O) groups excluding carboxylic acids is 1. The van der Waals surface area contributed by atoms with E-state index in [0.29, 0.717) is 38.7 Å². The molecule has 0 spiro atoms. The second-order valence-electron chi connectivity index (χ2n) is 9.42. The van der Waals surface area contributed by atoms with Gasteiger partial charge in [0.25, 0.3) is 5.56 Å². The summed E-state index contributed by atoms with van der Waals surface area (Å²) in [5.41, 5.74) is 2.16. The number of unbranched alkanes of at least 4 members (excludes halogenated alkanes) is 1. The Morgan fingerprint density at radius 2 is 1.82 bits per heavy atom. The molecular formula is C30H34N2O6S. The molecule has 3 aromatic rings. The zero-order chi connectivity index (χ0) is 28.1.